The van der Waals surface area contributed by atoms with Gasteiger partial charge < -0.3 is 19.9 Å². The molecule has 0 saturated heterocycles. The summed E-state index contributed by atoms with van der Waals surface area (Å²) in [7, 11) is 1.66. The van der Waals surface area contributed by atoms with E-state index in [0.717, 1.165) is 19.6 Å². The Morgan fingerprint density at radius 3 is 2.67 bits per heavy atom. The van der Waals surface area contributed by atoms with E-state index < -0.39 is 0 Å². The molecule has 0 aliphatic rings. The zero-order valence-electron chi connectivity index (χ0n) is 7.71. The third kappa shape index (κ3) is 9.84. The summed E-state index contributed by atoms with van der Waals surface area (Å²) in [5, 5.41) is 11.5. The van der Waals surface area contributed by atoms with Crippen molar-refractivity contribution in [2.24, 2.45) is 0 Å². The fraction of sp³-hybridized carbons (Fsp3) is 1.00. The van der Waals surface area contributed by atoms with Gasteiger partial charge in [0.1, 0.15) is 0 Å². The maximum Gasteiger partial charge on any atom is 0.0700 e. The topological polar surface area (TPSA) is 50.7 Å². The van der Waals surface area contributed by atoms with E-state index in [-0.39, 0.29) is 6.61 Å². The Hall–Kier alpha value is -0.160. The van der Waals surface area contributed by atoms with Gasteiger partial charge in [0.05, 0.1) is 19.8 Å². The molecular weight excluding hydrogens is 158 g/mol. The Labute approximate surface area is 73.9 Å². The molecule has 0 unspecified atom stereocenters. The lowest BCUT2D eigenvalue weighted by Gasteiger charge is -2.03. The molecule has 0 bridgehead atoms. The largest absolute Gasteiger partial charge is 0.395 e. The van der Waals surface area contributed by atoms with Gasteiger partial charge in [0, 0.05) is 20.3 Å². The fourth-order valence-corrected chi connectivity index (χ4v) is 0.748. The minimum absolute atomic E-state index is 0.199. The third-order valence-electron chi connectivity index (χ3n) is 1.36. The summed E-state index contributed by atoms with van der Waals surface area (Å²) >= 11 is 0. The number of ether oxygens (including phenoxy) is 2. The van der Waals surface area contributed by atoms with Crippen molar-refractivity contribution in [1.82, 2.24) is 5.32 Å². The Morgan fingerprint density at radius 1 is 1.17 bits per heavy atom. The summed E-state index contributed by atoms with van der Waals surface area (Å²) in [6, 6.07) is 0. The van der Waals surface area contributed by atoms with Gasteiger partial charge in [0.15, 0.2) is 0 Å². The predicted molar refractivity (Wildman–Crippen MR) is 47.3 cm³/mol. The number of rotatable bonds is 9. The zero-order chi connectivity index (χ0) is 9.07. The van der Waals surface area contributed by atoms with Crippen LogP contribution >= 0.6 is 0 Å². The number of hydrogen-bond donors (Lipinski definition) is 2. The van der Waals surface area contributed by atoms with E-state index in [0.29, 0.717) is 19.8 Å². The van der Waals surface area contributed by atoms with Crippen molar-refractivity contribution in [3.63, 3.8) is 0 Å². The molecule has 0 aromatic carbocycles. The molecule has 2 N–H and O–H groups in total. The van der Waals surface area contributed by atoms with E-state index in [1.54, 1.807) is 7.11 Å². The Kier molecular flexibility index (Phi) is 10.7. The number of nitrogens with one attached hydrogen (secondary N) is 1. The lowest BCUT2D eigenvalue weighted by Crippen LogP contribution is -2.20. The molecule has 4 heteroatoms. The van der Waals surface area contributed by atoms with Crippen LogP contribution in [-0.4, -0.2) is 51.7 Å². The van der Waals surface area contributed by atoms with Crippen LogP contribution in [0.1, 0.15) is 6.42 Å². The van der Waals surface area contributed by atoms with Crippen molar-refractivity contribution in [3.8, 4) is 0 Å². The minimum Gasteiger partial charge on any atom is -0.395 e. The molecule has 0 heterocycles. The van der Waals surface area contributed by atoms with Crippen LogP contribution in [0.5, 0.6) is 0 Å². The van der Waals surface area contributed by atoms with Crippen molar-refractivity contribution in [2.75, 3.05) is 46.6 Å². The summed E-state index contributed by atoms with van der Waals surface area (Å²) in [6.07, 6.45) is 0.976. The third-order valence-corrected chi connectivity index (χ3v) is 1.36. The summed E-state index contributed by atoms with van der Waals surface area (Å²) in [6.45, 7) is 3.83. The molecule has 0 saturated carbocycles. The second-order valence-corrected chi connectivity index (χ2v) is 2.43. The van der Waals surface area contributed by atoms with Crippen LogP contribution in [0.2, 0.25) is 0 Å². The number of aliphatic hydroxyl groups is 1. The van der Waals surface area contributed by atoms with E-state index in [4.69, 9.17) is 14.6 Å². The van der Waals surface area contributed by atoms with Gasteiger partial charge in [-0.25, -0.2) is 0 Å². The van der Waals surface area contributed by atoms with Gasteiger partial charge in [-0.1, -0.05) is 0 Å². The first kappa shape index (κ1) is 11.8. The van der Waals surface area contributed by atoms with E-state index in [1.807, 2.05) is 0 Å². The first-order valence-corrected chi connectivity index (χ1v) is 4.30. The van der Waals surface area contributed by atoms with Crippen molar-refractivity contribution in [2.45, 2.75) is 6.42 Å². The summed E-state index contributed by atoms with van der Waals surface area (Å²) < 4.78 is 10.0. The fourth-order valence-electron chi connectivity index (χ4n) is 0.748. The van der Waals surface area contributed by atoms with Crippen LogP contribution in [0, 0.1) is 0 Å². The maximum atomic E-state index is 8.43. The van der Waals surface area contributed by atoms with Crippen LogP contribution in [0.15, 0.2) is 0 Å². The van der Waals surface area contributed by atoms with Gasteiger partial charge in [-0.05, 0) is 13.0 Å². The molecule has 0 fully saturated rings. The van der Waals surface area contributed by atoms with Gasteiger partial charge >= 0.3 is 0 Å². The van der Waals surface area contributed by atoms with E-state index in [1.165, 1.54) is 0 Å². The van der Waals surface area contributed by atoms with Gasteiger partial charge in [-0.2, -0.15) is 0 Å². The molecule has 0 radical (unpaired) electrons. The van der Waals surface area contributed by atoms with Crippen LogP contribution < -0.4 is 5.32 Å². The van der Waals surface area contributed by atoms with Crippen LogP contribution in [0.3, 0.4) is 0 Å². The van der Waals surface area contributed by atoms with E-state index in [9.17, 15) is 0 Å². The normalized spacial score (nSPS) is 10.5. The van der Waals surface area contributed by atoms with Crippen LogP contribution in [0.25, 0.3) is 0 Å². The van der Waals surface area contributed by atoms with Crippen molar-refractivity contribution in [3.05, 3.63) is 0 Å². The summed E-state index contributed by atoms with van der Waals surface area (Å²) in [5.74, 6) is 0. The number of hydrogen-bond acceptors (Lipinski definition) is 4. The minimum atomic E-state index is 0.199. The monoisotopic (exact) mass is 177 g/mol. The van der Waals surface area contributed by atoms with E-state index in [2.05, 4.69) is 5.32 Å². The smallest absolute Gasteiger partial charge is 0.0700 e. The molecule has 4 nitrogen and oxygen atoms in total. The average Bonchev–Trinajstić information content (AvgIpc) is 2.10. The Morgan fingerprint density at radius 2 is 2.00 bits per heavy atom. The number of aliphatic hydroxyl groups excluding tert-OH is 1. The Balaban J connectivity index is 2.73. The first-order valence-electron chi connectivity index (χ1n) is 4.30. The lowest BCUT2D eigenvalue weighted by atomic mass is 10.4. The molecule has 0 amide bonds. The van der Waals surface area contributed by atoms with Crippen LogP contribution in [-0.2, 0) is 9.47 Å². The van der Waals surface area contributed by atoms with Gasteiger partial charge in [0.2, 0.25) is 0 Å². The highest BCUT2D eigenvalue weighted by Gasteiger charge is 1.88. The molecule has 0 aliphatic heterocycles. The lowest BCUT2D eigenvalue weighted by molar-refractivity contribution is 0.0694. The highest BCUT2D eigenvalue weighted by molar-refractivity contribution is 4.44. The van der Waals surface area contributed by atoms with Crippen LogP contribution in [0.4, 0.5) is 0 Å². The average molecular weight is 177 g/mol. The molecule has 74 valence electrons. The van der Waals surface area contributed by atoms with Crippen molar-refractivity contribution >= 4 is 0 Å². The second-order valence-electron chi connectivity index (χ2n) is 2.43. The second kappa shape index (κ2) is 10.8. The number of methoxy groups -OCH3 is 1. The molecule has 0 aliphatic carbocycles. The zero-order valence-corrected chi connectivity index (χ0v) is 7.71. The quantitative estimate of drug-likeness (QED) is 0.471. The summed E-state index contributed by atoms with van der Waals surface area (Å²) in [5.41, 5.74) is 0. The highest BCUT2D eigenvalue weighted by atomic mass is 16.5. The molecule has 0 aromatic heterocycles. The van der Waals surface area contributed by atoms with Crippen molar-refractivity contribution in [1.29, 1.82) is 0 Å². The molecule has 0 aromatic rings. The SMILES string of the molecule is COCCOCCCNCCO. The molecule has 0 rings (SSSR count). The standard InChI is InChI=1S/C8H19NO3/c1-11-7-8-12-6-2-3-9-4-5-10/h9-10H,2-8H2,1H3. The first-order chi connectivity index (χ1) is 5.91. The van der Waals surface area contributed by atoms with E-state index >= 15 is 0 Å². The molecule has 0 atom stereocenters. The van der Waals surface area contributed by atoms with Gasteiger partial charge in [-0.3, -0.25) is 0 Å². The molecular formula is C8H19NO3. The molecule has 12 heavy (non-hydrogen) atoms. The predicted octanol–water partition coefficient (Wildman–Crippen LogP) is -0.379. The molecule has 0 spiro atoms. The van der Waals surface area contributed by atoms with Crippen molar-refractivity contribution < 1.29 is 14.6 Å². The Bertz CT molecular complexity index is 70.7. The van der Waals surface area contributed by atoms with Gasteiger partial charge in [-0.15, -0.1) is 0 Å². The van der Waals surface area contributed by atoms with Gasteiger partial charge in [0.25, 0.3) is 0 Å². The maximum absolute atomic E-state index is 8.43. The highest BCUT2D eigenvalue weighted by Crippen LogP contribution is 1.80. The summed E-state index contributed by atoms with van der Waals surface area (Å²) in [4.78, 5) is 0.